The Morgan fingerprint density at radius 3 is 3.00 bits per heavy atom. The van der Waals surface area contributed by atoms with Crippen molar-refractivity contribution in [3.8, 4) is 5.75 Å². The third-order valence-electron chi connectivity index (χ3n) is 2.30. The molecule has 18 heavy (non-hydrogen) atoms. The van der Waals surface area contributed by atoms with Gasteiger partial charge in [-0.05, 0) is 12.1 Å². The van der Waals surface area contributed by atoms with Gasteiger partial charge in [0.1, 0.15) is 5.75 Å². The molecular formula is C11H11N3O4. The van der Waals surface area contributed by atoms with Crippen LogP contribution in [-0.4, -0.2) is 28.3 Å². The molecule has 0 aliphatic rings. The standard InChI is InChI=1S/C11H11N3O4/c1-17-7-2-3-8(11(15)16)9(4-7)12-5-10-13-6-18-14-10/h2-4,6,12H,5H2,1H3,(H,15,16). The molecule has 7 nitrogen and oxygen atoms in total. The van der Waals surface area contributed by atoms with Crippen LogP contribution in [0.5, 0.6) is 5.75 Å². The molecule has 1 aromatic carbocycles. The number of ether oxygens (including phenoxy) is 1. The van der Waals surface area contributed by atoms with Gasteiger partial charge in [0.2, 0.25) is 6.39 Å². The van der Waals surface area contributed by atoms with Crippen LogP contribution in [0.2, 0.25) is 0 Å². The van der Waals surface area contributed by atoms with Crippen molar-refractivity contribution in [2.45, 2.75) is 6.54 Å². The first-order chi connectivity index (χ1) is 8.70. The zero-order chi connectivity index (χ0) is 13.0. The maximum atomic E-state index is 11.1. The number of hydrogen-bond acceptors (Lipinski definition) is 6. The van der Waals surface area contributed by atoms with Crippen molar-refractivity contribution in [2.24, 2.45) is 0 Å². The zero-order valence-electron chi connectivity index (χ0n) is 9.58. The van der Waals surface area contributed by atoms with Crippen LogP contribution in [0.3, 0.4) is 0 Å². The van der Waals surface area contributed by atoms with E-state index in [1.165, 1.54) is 19.6 Å². The Morgan fingerprint density at radius 2 is 2.39 bits per heavy atom. The number of nitrogens with one attached hydrogen (secondary N) is 1. The van der Waals surface area contributed by atoms with E-state index in [0.717, 1.165) is 0 Å². The largest absolute Gasteiger partial charge is 0.497 e. The maximum Gasteiger partial charge on any atom is 0.337 e. The quantitative estimate of drug-likeness (QED) is 0.826. The van der Waals surface area contributed by atoms with Gasteiger partial charge in [-0.25, -0.2) is 4.79 Å². The van der Waals surface area contributed by atoms with Crippen LogP contribution in [0.15, 0.2) is 29.1 Å². The van der Waals surface area contributed by atoms with Crippen LogP contribution in [-0.2, 0) is 6.54 Å². The molecule has 0 fully saturated rings. The molecule has 0 radical (unpaired) electrons. The Hall–Kier alpha value is -2.57. The number of methoxy groups -OCH3 is 1. The zero-order valence-corrected chi connectivity index (χ0v) is 9.58. The van der Waals surface area contributed by atoms with Crippen molar-refractivity contribution in [1.29, 1.82) is 0 Å². The summed E-state index contributed by atoms with van der Waals surface area (Å²) < 4.78 is 9.63. The molecule has 7 heteroatoms. The van der Waals surface area contributed by atoms with Crippen LogP contribution in [0.25, 0.3) is 0 Å². The van der Waals surface area contributed by atoms with Crippen molar-refractivity contribution < 1.29 is 19.2 Å². The van der Waals surface area contributed by atoms with Gasteiger partial charge in [0, 0.05) is 6.07 Å². The van der Waals surface area contributed by atoms with Crippen LogP contribution in [0.4, 0.5) is 5.69 Å². The summed E-state index contributed by atoms with van der Waals surface area (Å²) in [5, 5.41) is 15.6. The fourth-order valence-corrected chi connectivity index (χ4v) is 1.43. The summed E-state index contributed by atoms with van der Waals surface area (Å²) in [6, 6.07) is 4.66. The lowest BCUT2D eigenvalue weighted by Crippen LogP contribution is -2.07. The molecule has 0 atom stereocenters. The van der Waals surface area contributed by atoms with Gasteiger partial charge in [-0.1, -0.05) is 5.16 Å². The second-order valence-corrected chi connectivity index (χ2v) is 3.42. The molecule has 1 heterocycles. The average Bonchev–Trinajstić information content (AvgIpc) is 2.88. The first-order valence-electron chi connectivity index (χ1n) is 5.11. The fourth-order valence-electron chi connectivity index (χ4n) is 1.43. The number of carboxylic acid groups (broad SMARTS) is 1. The van der Waals surface area contributed by atoms with Gasteiger partial charge in [-0.15, -0.1) is 0 Å². The van der Waals surface area contributed by atoms with Crippen molar-refractivity contribution >= 4 is 11.7 Å². The molecule has 0 aliphatic heterocycles. The van der Waals surface area contributed by atoms with Gasteiger partial charge in [0.25, 0.3) is 0 Å². The summed E-state index contributed by atoms with van der Waals surface area (Å²) in [4.78, 5) is 14.9. The first kappa shape index (κ1) is 11.9. The molecule has 1 aromatic heterocycles. The lowest BCUT2D eigenvalue weighted by Gasteiger charge is -2.09. The summed E-state index contributed by atoms with van der Waals surface area (Å²) in [6.07, 6.45) is 1.21. The van der Waals surface area contributed by atoms with Gasteiger partial charge < -0.3 is 19.7 Å². The van der Waals surface area contributed by atoms with E-state index < -0.39 is 5.97 Å². The minimum absolute atomic E-state index is 0.152. The molecule has 0 unspecified atom stereocenters. The number of anilines is 1. The summed E-state index contributed by atoms with van der Waals surface area (Å²) in [7, 11) is 1.51. The Kier molecular flexibility index (Phi) is 3.42. The lowest BCUT2D eigenvalue weighted by atomic mass is 10.1. The predicted molar refractivity (Wildman–Crippen MR) is 61.6 cm³/mol. The summed E-state index contributed by atoms with van der Waals surface area (Å²) in [5.41, 5.74) is 0.589. The van der Waals surface area contributed by atoms with Crippen LogP contribution < -0.4 is 10.1 Å². The summed E-state index contributed by atoms with van der Waals surface area (Å²) >= 11 is 0. The molecular weight excluding hydrogens is 238 g/mol. The maximum absolute atomic E-state index is 11.1. The van der Waals surface area contributed by atoms with E-state index in [0.29, 0.717) is 17.3 Å². The van der Waals surface area contributed by atoms with Gasteiger partial charge in [0.05, 0.1) is 24.9 Å². The molecule has 0 spiro atoms. The van der Waals surface area contributed by atoms with Gasteiger partial charge in [0.15, 0.2) is 5.82 Å². The molecule has 0 aliphatic carbocycles. The van der Waals surface area contributed by atoms with E-state index in [2.05, 4.69) is 20.0 Å². The number of benzene rings is 1. The highest BCUT2D eigenvalue weighted by atomic mass is 16.5. The highest BCUT2D eigenvalue weighted by molar-refractivity contribution is 5.94. The first-order valence-corrected chi connectivity index (χ1v) is 5.11. The predicted octanol–water partition coefficient (Wildman–Crippen LogP) is 1.39. The van der Waals surface area contributed by atoms with Gasteiger partial charge in [-0.2, -0.15) is 4.98 Å². The Bertz CT molecular complexity index is 539. The van der Waals surface area contributed by atoms with Crippen molar-refractivity contribution in [3.05, 3.63) is 36.0 Å². The summed E-state index contributed by atoms with van der Waals surface area (Å²) in [5.74, 6) is -0.0157. The minimum atomic E-state index is -1.02. The number of aromatic nitrogens is 2. The number of hydrogen-bond donors (Lipinski definition) is 2. The topological polar surface area (TPSA) is 97.5 Å². The van der Waals surface area contributed by atoms with Gasteiger partial charge >= 0.3 is 5.97 Å². The van der Waals surface area contributed by atoms with Crippen LogP contribution in [0, 0.1) is 0 Å². The number of nitrogens with zero attached hydrogens (tertiary/aromatic N) is 2. The van der Waals surface area contributed by atoms with E-state index in [1.807, 2.05) is 0 Å². The Labute approximate surface area is 102 Å². The lowest BCUT2D eigenvalue weighted by molar-refractivity contribution is 0.0698. The molecule has 0 bridgehead atoms. The highest BCUT2D eigenvalue weighted by Gasteiger charge is 2.11. The normalized spacial score (nSPS) is 10.1. The smallest absolute Gasteiger partial charge is 0.337 e. The van der Waals surface area contributed by atoms with Crippen molar-refractivity contribution in [3.63, 3.8) is 0 Å². The van der Waals surface area contributed by atoms with E-state index >= 15 is 0 Å². The molecule has 2 N–H and O–H groups in total. The number of rotatable bonds is 5. The second-order valence-electron chi connectivity index (χ2n) is 3.42. The Morgan fingerprint density at radius 1 is 1.56 bits per heavy atom. The molecule has 94 valence electrons. The third kappa shape index (κ3) is 2.57. The SMILES string of the molecule is COc1ccc(C(=O)O)c(NCc2ncon2)c1. The number of carboxylic acids is 1. The molecule has 0 amide bonds. The van der Waals surface area contributed by atoms with E-state index in [9.17, 15) is 4.79 Å². The van der Waals surface area contributed by atoms with Crippen molar-refractivity contribution in [1.82, 2.24) is 10.1 Å². The van der Waals surface area contributed by atoms with Crippen molar-refractivity contribution in [2.75, 3.05) is 12.4 Å². The van der Waals surface area contributed by atoms with Gasteiger partial charge in [-0.3, -0.25) is 0 Å². The molecule has 2 rings (SSSR count). The molecule has 0 saturated heterocycles. The van der Waals surface area contributed by atoms with Crippen LogP contribution >= 0.6 is 0 Å². The third-order valence-corrected chi connectivity index (χ3v) is 2.30. The Balaban J connectivity index is 2.20. The van der Waals surface area contributed by atoms with E-state index in [4.69, 9.17) is 9.84 Å². The van der Waals surface area contributed by atoms with Crippen LogP contribution in [0.1, 0.15) is 16.2 Å². The van der Waals surface area contributed by atoms with E-state index in [1.54, 1.807) is 12.1 Å². The molecule has 2 aromatic rings. The fraction of sp³-hybridized carbons (Fsp3) is 0.182. The minimum Gasteiger partial charge on any atom is -0.497 e. The number of carbonyl (C=O) groups is 1. The average molecular weight is 249 g/mol. The molecule has 0 saturated carbocycles. The second kappa shape index (κ2) is 5.17. The highest BCUT2D eigenvalue weighted by Crippen LogP contribution is 2.22. The monoisotopic (exact) mass is 249 g/mol. The summed E-state index contributed by atoms with van der Waals surface area (Å²) in [6.45, 7) is 0.268. The number of aromatic carboxylic acids is 1. The van der Waals surface area contributed by atoms with E-state index in [-0.39, 0.29) is 12.1 Å².